The van der Waals surface area contributed by atoms with Gasteiger partial charge in [-0.2, -0.15) is 0 Å². The van der Waals surface area contributed by atoms with Crippen LogP contribution in [0.2, 0.25) is 0 Å². The summed E-state index contributed by atoms with van der Waals surface area (Å²) in [6.45, 7) is 11.3. The highest BCUT2D eigenvalue weighted by atomic mass is 32.2. The number of aryl methyl sites for hydroxylation is 2. The largest absolute Gasteiger partial charge is 0.299 e. The third kappa shape index (κ3) is 3.98. The summed E-state index contributed by atoms with van der Waals surface area (Å²) in [4.78, 5) is 25.9. The van der Waals surface area contributed by atoms with Crippen LogP contribution < -0.4 is 0 Å². The Bertz CT molecular complexity index is 748. The highest BCUT2D eigenvalue weighted by Gasteiger charge is 2.19. The Balaban J connectivity index is 1.89. The molecule has 1 saturated heterocycles. The number of ketones is 1. The monoisotopic (exact) mass is 363 g/mol. The van der Waals surface area contributed by atoms with Crippen molar-refractivity contribution in [1.82, 2.24) is 14.9 Å². The van der Waals surface area contributed by atoms with Gasteiger partial charge in [-0.25, -0.2) is 9.97 Å². The summed E-state index contributed by atoms with van der Waals surface area (Å²) >= 11 is 3.29. The first-order valence-corrected chi connectivity index (χ1v) is 10.4. The number of piperidine rings is 1. The van der Waals surface area contributed by atoms with Crippen LogP contribution >= 0.6 is 23.1 Å². The number of carbonyl (C=O) groups excluding carboxylic acids is 1. The Hall–Kier alpha value is -0.980. The van der Waals surface area contributed by atoms with Gasteiger partial charge in [0.2, 0.25) is 0 Å². The molecule has 24 heavy (non-hydrogen) atoms. The zero-order chi connectivity index (χ0) is 17.3. The van der Waals surface area contributed by atoms with E-state index in [1.165, 1.54) is 23.3 Å². The fourth-order valence-corrected chi connectivity index (χ4v) is 5.04. The summed E-state index contributed by atoms with van der Waals surface area (Å²) in [5.41, 5.74) is 1.25. The van der Waals surface area contributed by atoms with Crippen molar-refractivity contribution in [2.75, 3.05) is 18.8 Å². The number of likely N-dealkylation sites (tertiary alicyclic amines) is 1. The molecule has 2 aromatic heterocycles. The normalized spacial score (nSPS) is 16.8. The van der Waals surface area contributed by atoms with Crippen molar-refractivity contribution in [3.63, 3.8) is 0 Å². The second kappa shape index (κ2) is 7.50. The molecule has 0 radical (unpaired) electrons. The highest BCUT2D eigenvalue weighted by molar-refractivity contribution is 8.00. The lowest BCUT2D eigenvalue weighted by atomic mass is 9.99. The standard InChI is InChI=1S/C18H25N3OS2/c1-11-5-7-21(8-6-11)9-15-19-17(23-10-12(2)22)16-13(3)14(4)24-18(16)20-15/h11H,5-10H2,1-4H3. The van der Waals surface area contributed by atoms with Gasteiger partial charge in [-0.05, 0) is 58.2 Å². The highest BCUT2D eigenvalue weighted by Crippen LogP contribution is 2.35. The predicted molar refractivity (Wildman–Crippen MR) is 102 cm³/mol. The van der Waals surface area contributed by atoms with E-state index in [2.05, 4.69) is 25.7 Å². The van der Waals surface area contributed by atoms with Crippen molar-refractivity contribution in [3.8, 4) is 0 Å². The SMILES string of the molecule is CC(=O)CSc1nc(CN2CCC(C)CC2)nc2sc(C)c(C)c12. The summed E-state index contributed by atoms with van der Waals surface area (Å²) in [7, 11) is 0. The van der Waals surface area contributed by atoms with Gasteiger partial charge in [0.05, 0.1) is 12.3 Å². The first kappa shape index (κ1) is 17.8. The zero-order valence-electron chi connectivity index (χ0n) is 14.9. The number of Topliss-reactive ketones (excluding diaryl/α,β-unsaturated/α-hetero) is 1. The van der Waals surface area contributed by atoms with E-state index >= 15 is 0 Å². The molecule has 0 unspecified atom stereocenters. The van der Waals surface area contributed by atoms with Crippen LogP contribution in [0.5, 0.6) is 0 Å². The lowest BCUT2D eigenvalue weighted by Gasteiger charge is -2.29. The molecule has 0 N–H and O–H groups in total. The number of hydrogen-bond donors (Lipinski definition) is 0. The van der Waals surface area contributed by atoms with Crippen molar-refractivity contribution < 1.29 is 4.79 Å². The molecular weight excluding hydrogens is 338 g/mol. The number of nitrogens with zero attached hydrogens (tertiary/aromatic N) is 3. The van der Waals surface area contributed by atoms with E-state index in [1.807, 2.05) is 0 Å². The Labute approximate surface area is 152 Å². The smallest absolute Gasteiger partial charge is 0.145 e. The molecule has 6 heteroatoms. The summed E-state index contributed by atoms with van der Waals surface area (Å²) in [5, 5.41) is 2.11. The minimum atomic E-state index is 0.183. The second-order valence-corrected chi connectivity index (χ2v) is 9.02. The summed E-state index contributed by atoms with van der Waals surface area (Å²) in [6, 6.07) is 0. The van der Waals surface area contributed by atoms with Gasteiger partial charge in [0.25, 0.3) is 0 Å². The first-order chi connectivity index (χ1) is 11.4. The van der Waals surface area contributed by atoms with E-state index in [1.54, 1.807) is 30.0 Å². The molecular formula is C18H25N3OS2. The molecule has 3 heterocycles. The maximum atomic E-state index is 11.4. The van der Waals surface area contributed by atoms with Gasteiger partial charge in [0.1, 0.15) is 21.5 Å². The van der Waals surface area contributed by atoms with Crippen molar-refractivity contribution >= 4 is 39.1 Å². The van der Waals surface area contributed by atoms with Gasteiger partial charge in [0, 0.05) is 10.3 Å². The zero-order valence-corrected chi connectivity index (χ0v) is 16.5. The summed E-state index contributed by atoms with van der Waals surface area (Å²) in [6.07, 6.45) is 2.51. The molecule has 130 valence electrons. The van der Waals surface area contributed by atoms with E-state index < -0.39 is 0 Å². The van der Waals surface area contributed by atoms with Gasteiger partial charge in [-0.1, -0.05) is 18.7 Å². The first-order valence-electron chi connectivity index (χ1n) is 8.55. The van der Waals surface area contributed by atoms with Gasteiger partial charge in [-0.3, -0.25) is 9.69 Å². The molecule has 1 aliphatic heterocycles. The molecule has 3 rings (SSSR count). The average molecular weight is 364 g/mol. The molecule has 0 aliphatic carbocycles. The van der Waals surface area contributed by atoms with E-state index in [9.17, 15) is 4.79 Å². The van der Waals surface area contributed by atoms with Crippen LogP contribution in [0.3, 0.4) is 0 Å². The molecule has 2 aromatic rings. The summed E-state index contributed by atoms with van der Waals surface area (Å²) < 4.78 is 0. The van der Waals surface area contributed by atoms with Crippen LogP contribution in [0.25, 0.3) is 10.2 Å². The number of carbonyl (C=O) groups is 1. The maximum absolute atomic E-state index is 11.4. The third-order valence-electron chi connectivity index (χ3n) is 4.70. The molecule has 0 saturated carbocycles. The van der Waals surface area contributed by atoms with Gasteiger partial charge in [0.15, 0.2) is 0 Å². The van der Waals surface area contributed by atoms with Crippen LogP contribution in [0.4, 0.5) is 0 Å². The molecule has 1 fully saturated rings. The van der Waals surface area contributed by atoms with Crippen LogP contribution in [-0.2, 0) is 11.3 Å². The van der Waals surface area contributed by atoms with Gasteiger partial charge in [-0.15, -0.1) is 11.3 Å². The van der Waals surface area contributed by atoms with Crippen LogP contribution in [0.1, 0.15) is 43.0 Å². The van der Waals surface area contributed by atoms with Gasteiger partial charge >= 0.3 is 0 Å². The lowest BCUT2D eigenvalue weighted by Crippen LogP contribution is -2.33. The Morgan fingerprint density at radius 2 is 2.00 bits per heavy atom. The van der Waals surface area contributed by atoms with Crippen molar-refractivity contribution in [2.24, 2.45) is 5.92 Å². The second-order valence-electron chi connectivity index (χ2n) is 6.86. The predicted octanol–water partition coefficient (Wildman–Crippen LogP) is 4.22. The average Bonchev–Trinajstić information content (AvgIpc) is 2.82. The minimum absolute atomic E-state index is 0.183. The topological polar surface area (TPSA) is 46.1 Å². The molecule has 0 atom stereocenters. The quantitative estimate of drug-likeness (QED) is 0.588. The number of fused-ring (bicyclic) bond motifs is 1. The minimum Gasteiger partial charge on any atom is -0.299 e. The van der Waals surface area contributed by atoms with Crippen LogP contribution in [0.15, 0.2) is 5.03 Å². The Morgan fingerprint density at radius 1 is 1.29 bits per heavy atom. The Kier molecular flexibility index (Phi) is 5.57. The molecule has 0 spiro atoms. The van der Waals surface area contributed by atoms with Crippen LogP contribution in [-0.4, -0.2) is 39.5 Å². The Morgan fingerprint density at radius 3 is 2.67 bits per heavy atom. The van der Waals surface area contributed by atoms with Gasteiger partial charge < -0.3 is 0 Å². The van der Waals surface area contributed by atoms with E-state index in [-0.39, 0.29) is 5.78 Å². The molecule has 0 bridgehead atoms. The fraction of sp³-hybridized carbons (Fsp3) is 0.611. The molecule has 4 nitrogen and oxygen atoms in total. The molecule has 0 aromatic carbocycles. The number of thioether (sulfide) groups is 1. The van der Waals surface area contributed by atoms with E-state index in [0.29, 0.717) is 5.75 Å². The van der Waals surface area contributed by atoms with E-state index in [0.717, 1.165) is 46.6 Å². The lowest BCUT2D eigenvalue weighted by molar-refractivity contribution is -0.114. The summed E-state index contributed by atoms with van der Waals surface area (Å²) in [5.74, 6) is 2.38. The maximum Gasteiger partial charge on any atom is 0.145 e. The fourth-order valence-electron chi connectivity index (χ4n) is 3.02. The van der Waals surface area contributed by atoms with Crippen molar-refractivity contribution in [3.05, 3.63) is 16.3 Å². The number of thiophene rings is 1. The van der Waals surface area contributed by atoms with Crippen LogP contribution in [0, 0.1) is 19.8 Å². The third-order valence-corrected chi connectivity index (χ3v) is 6.92. The van der Waals surface area contributed by atoms with E-state index in [4.69, 9.17) is 9.97 Å². The molecule has 0 amide bonds. The number of rotatable bonds is 5. The van der Waals surface area contributed by atoms with Crippen molar-refractivity contribution in [2.45, 2.75) is 52.1 Å². The number of aromatic nitrogens is 2. The molecule has 1 aliphatic rings. The van der Waals surface area contributed by atoms with Crippen molar-refractivity contribution in [1.29, 1.82) is 0 Å². The number of hydrogen-bond acceptors (Lipinski definition) is 6.